The van der Waals surface area contributed by atoms with Gasteiger partial charge in [0.05, 0.1) is 9.82 Å². The highest BCUT2D eigenvalue weighted by Gasteiger charge is 2.19. The number of rotatable bonds is 8. The molecule has 0 spiro atoms. The molecule has 0 aliphatic carbocycles. The molecule has 0 aromatic heterocycles. The average Bonchev–Trinajstić information content (AvgIpc) is 2.41. The van der Waals surface area contributed by atoms with E-state index in [-0.39, 0.29) is 10.6 Å². The quantitative estimate of drug-likeness (QED) is 0.431. The molecule has 0 saturated heterocycles. The lowest BCUT2D eigenvalue weighted by Crippen LogP contribution is -2.04. The highest BCUT2D eigenvalue weighted by molar-refractivity contribution is 7.99. The second kappa shape index (κ2) is 8.04. The van der Waals surface area contributed by atoms with E-state index in [1.165, 1.54) is 0 Å². The van der Waals surface area contributed by atoms with Crippen LogP contribution in [0.25, 0.3) is 0 Å². The summed E-state index contributed by atoms with van der Waals surface area (Å²) < 4.78 is 0. The summed E-state index contributed by atoms with van der Waals surface area (Å²) in [6.45, 7) is 7.09. The summed E-state index contributed by atoms with van der Waals surface area (Å²) in [6.07, 6.45) is 2.04. The molecule has 1 aromatic carbocycles. The van der Waals surface area contributed by atoms with Gasteiger partial charge in [-0.25, -0.2) is 0 Å². The molecule has 4 nitrogen and oxygen atoms in total. The van der Waals surface area contributed by atoms with Gasteiger partial charge in [0.2, 0.25) is 0 Å². The molecule has 0 saturated carbocycles. The SMILES string of the molecule is CCCNc1cccc(SCC(C)CC)c1[N+](=O)[O-]. The third kappa shape index (κ3) is 4.74. The molecule has 106 valence electrons. The van der Waals surface area contributed by atoms with Crippen molar-refractivity contribution in [1.82, 2.24) is 0 Å². The van der Waals surface area contributed by atoms with Crippen molar-refractivity contribution in [2.24, 2.45) is 5.92 Å². The van der Waals surface area contributed by atoms with Gasteiger partial charge in [0.15, 0.2) is 0 Å². The molecule has 1 rings (SSSR count). The first-order valence-corrected chi connectivity index (χ1v) is 7.72. The molecule has 1 N–H and O–H groups in total. The maximum absolute atomic E-state index is 11.3. The normalized spacial score (nSPS) is 12.2. The van der Waals surface area contributed by atoms with Gasteiger partial charge in [-0.15, -0.1) is 11.8 Å². The Morgan fingerprint density at radius 3 is 2.74 bits per heavy atom. The van der Waals surface area contributed by atoms with E-state index in [4.69, 9.17) is 0 Å². The average molecular weight is 282 g/mol. The Morgan fingerprint density at radius 2 is 2.16 bits per heavy atom. The van der Waals surface area contributed by atoms with E-state index in [1.807, 2.05) is 19.1 Å². The molecular weight excluding hydrogens is 260 g/mol. The lowest BCUT2D eigenvalue weighted by molar-refractivity contribution is -0.386. The minimum Gasteiger partial charge on any atom is -0.379 e. The fourth-order valence-corrected chi connectivity index (χ4v) is 2.78. The molecule has 0 fully saturated rings. The van der Waals surface area contributed by atoms with E-state index in [0.29, 0.717) is 11.6 Å². The molecular formula is C14H22N2O2S. The minimum absolute atomic E-state index is 0.212. The zero-order valence-corrected chi connectivity index (χ0v) is 12.6. The van der Waals surface area contributed by atoms with Crippen LogP contribution in [-0.2, 0) is 0 Å². The smallest absolute Gasteiger partial charge is 0.305 e. The van der Waals surface area contributed by atoms with Gasteiger partial charge in [0, 0.05) is 12.3 Å². The highest BCUT2D eigenvalue weighted by Crippen LogP contribution is 2.36. The van der Waals surface area contributed by atoms with Crippen LogP contribution in [0, 0.1) is 16.0 Å². The molecule has 5 heteroatoms. The van der Waals surface area contributed by atoms with E-state index in [2.05, 4.69) is 19.2 Å². The Hall–Kier alpha value is -1.23. The van der Waals surface area contributed by atoms with Crippen LogP contribution in [-0.4, -0.2) is 17.2 Å². The van der Waals surface area contributed by atoms with Gasteiger partial charge in [-0.3, -0.25) is 10.1 Å². The Labute approximate surface area is 119 Å². The summed E-state index contributed by atoms with van der Waals surface area (Å²) in [5.74, 6) is 1.48. The van der Waals surface area contributed by atoms with Gasteiger partial charge in [0.25, 0.3) is 0 Å². The second-order valence-electron chi connectivity index (χ2n) is 4.66. The lowest BCUT2D eigenvalue weighted by Gasteiger charge is -2.11. The van der Waals surface area contributed by atoms with E-state index < -0.39 is 0 Å². The molecule has 0 amide bonds. The summed E-state index contributed by atoms with van der Waals surface area (Å²) in [5.41, 5.74) is 0.838. The standard InChI is InChI=1S/C14H22N2O2S/c1-4-9-15-12-7-6-8-13(14(12)16(17)18)19-10-11(3)5-2/h6-8,11,15H,4-5,9-10H2,1-3H3. The molecule has 1 unspecified atom stereocenters. The zero-order valence-electron chi connectivity index (χ0n) is 11.8. The Balaban J connectivity index is 2.92. The molecule has 1 atom stereocenters. The van der Waals surface area contributed by atoms with Crippen molar-refractivity contribution in [2.75, 3.05) is 17.6 Å². The van der Waals surface area contributed by atoms with Crippen LogP contribution in [0.2, 0.25) is 0 Å². The van der Waals surface area contributed by atoms with Gasteiger partial charge in [-0.2, -0.15) is 0 Å². The van der Waals surface area contributed by atoms with Crippen molar-refractivity contribution in [2.45, 2.75) is 38.5 Å². The molecule has 0 aliphatic heterocycles. The molecule has 0 heterocycles. The first-order valence-electron chi connectivity index (χ1n) is 6.74. The van der Waals surface area contributed by atoms with E-state index in [0.717, 1.165) is 30.0 Å². The summed E-state index contributed by atoms with van der Waals surface area (Å²) >= 11 is 1.57. The number of benzene rings is 1. The number of nitrogens with one attached hydrogen (secondary N) is 1. The minimum atomic E-state index is -0.281. The van der Waals surface area contributed by atoms with Crippen LogP contribution in [0.15, 0.2) is 23.1 Å². The lowest BCUT2D eigenvalue weighted by atomic mass is 10.2. The van der Waals surface area contributed by atoms with E-state index in [1.54, 1.807) is 17.8 Å². The van der Waals surface area contributed by atoms with Crippen LogP contribution in [0.3, 0.4) is 0 Å². The number of para-hydroxylation sites is 1. The fraction of sp³-hybridized carbons (Fsp3) is 0.571. The van der Waals surface area contributed by atoms with Gasteiger partial charge < -0.3 is 5.32 Å². The number of nitro groups is 1. The molecule has 19 heavy (non-hydrogen) atoms. The number of hydrogen-bond donors (Lipinski definition) is 1. The number of nitro benzene ring substituents is 1. The first-order chi connectivity index (χ1) is 9.10. The Kier molecular flexibility index (Phi) is 6.70. The number of nitrogens with zero attached hydrogens (tertiary/aromatic N) is 1. The zero-order chi connectivity index (χ0) is 14.3. The largest absolute Gasteiger partial charge is 0.379 e. The van der Waals surface area contributed by atoms with Crippen molar-refractivity contribution in [3.05, 3.63) is 28.3 Å². The molecule has 0 aliphatic rings. The first kappa shape index (κ1) is 15.8. The Morgan fingerprint density at radius 1 is 1.42 bits per heavy atom. The van der Waals surface area contributed by atoms with Crippen LogP contribution in [0.4, 0.5) is 11.4 Å². The van der Waals surface area contributed by atoms with Crippen LogP contribution < -0.4 is 5.32 Å². The monoisotopic (exact) mass is 282 g/mol. The van der Waals surface area contributed by atoms with E-state index >= 15 is 0 Å². The third-order valence-corrected chi connectivity index (χ3v) is 4.34. The van der Waals surface area contributed by atoms with Crippen molar-refractivity contribution < 1.29 is 4.92 Å². The molecule has 0 radical (unpaired) electrons. The predicted molar refractivity (Wildman–Crippen MR) is 82.1 cm³/mol. The third-order valence-electron chi connectivity index (χ3n) is 2.97. The van der Waals surface area contributed by atoms with E-state index in [9.17, 15) is 10.1 Å². The van der Waals surface area contributed by atoms with Crippen LogP contribution in [0.1, 0.15) is 33.6 Å². The number of thioether (sulfide) groups is 1. The van der Waals surface area contributed by atoms with Gasteiger partial charge in [-0.05, 0) is 24.5 Å². The van der Waals surface area contributed by atoms with Crippen molar-refractivity contribution in [3.63, 3.8) is 0 Å². The molecule has 0 bridgehead atoms. The van der Waals surface area contributed by atoms with Gasteiger partial charge in [-0.1, -0.05) is 33.3 Å². The maximum atomic E-state index is 11.3. The topological polar surface area (TPSA) is 55.2 Å². The summed E-state index contributed by atoms with van der Waals surface area (Å²) in [5, 5.41) is 14.4. The maximum Gasteiger partial charge on any atom is 0.305 e. The fourth-order valence-electron chi connectivity index (χ4n) is 1.58. The van der Waals surface area contributed by atoms with Crippen molar-refractivity contribution in [3.8, 4) is 0 Å². The summed E-state index contributed by atoms with van der Waals surface area (Å²) in [4.78, 5) is 11.7. The summed E-state index contributed by atoms with van der Waals surface area (Å²) in [6, 6.07) is 5.49. The van der Waals surface area contributed by atoms with Crippen molar-refractivity contribution in [1.29, 1.82) is 0 Å². The van der Waals surface area contributed by atoms with Crippen LogP contribution in [0.5, 0.6) is 0 Å². The predicted octanol–water partition coefficient (Wildman–Crippen LogP) is 4.55. The Bertz CT molecular complexity index is 424. The van der Waals surface area contributed by atoms with Crippen molar-refractivity contribution >= 4 is 23.1 Å². The van der Waals surface area contributed by atoms with Gasteiger partial charge in [0.1, 0.15) is 5.69 Å². The molecule has 1 aromatic rings. The second-order valence-corrected chi connectivity index (χ2v) is 5.72. The number of anilines is 1. The summed E-state index contributed by atoms with van der Waals surface area (Å²) in [7, 11) is 0. The van der Waals surface area contributed by atoms with Gasteiger partial charge >= 0.3 is 5.69 Å². The number of hydrogen-bond acceptors (Lipinski definition) is 4. The highest BCUT2D eigenvalue weighted by atomic mass is 32.2. The van der Waals surface area contributed by atoms with Crippen LogP contribution >= 0.6 is 11.8 Å².